The Morgan fingerprint density at radius 3 is 2.37 bits per heavy atom. The molecular weight excluding hydrogens is 392 g/mol. The minimum atomic E-state index is -0.00253. The average Bonchev–Trinajstić information content (AvgIpc) is 2.66. The molecule has 0 bridgehead atoms. The van der Waals surface area contributed by atoms with Gasteiger partial charge in [-0.1, -0.05) is 32.9 Å². The fourth-order valence-corrected chi connectivity index (χ4v) is 5.28. The Kier molecular flexibility index (Phi) is 9.80. The molecule has 0 saturated heterocycles. The van der Waals surface area contributed by atoms with Gasteiger partial charge in [0.1, 0.15) is 11.5 Å². The van der Waals surface area contributed by atoms with Gasteiger partial charge in [-0.15, -0.1) is 23.5 Å². The Labute approximate surface area is 176 Å². The van der Waals surface area contributed by atoms with Gasteiger partial charge in [0.2, 0.25) is 0 Å². The van der Waals surface area contributed by atoms with Crippen molar-refractivity contribution in [3.63, 3.8) is 0 Å². The van der Waals surface area contributed by atoms with Gasteiger partial charge in [0, 0.05) is 26.8 Å². The van der Waals surface area contributed by atoms with Gasteiger partial charge in [-0.3, -0.25) is 0 Å². The van der Waals surface area contributed by atoms with Gasteiger partial charge < -0.3 is 10.2 Å². The molecule has 1 atom stereocenters. The summed E-state index contributed by atoms with van der Waals surface area (Å²) in [6.45, 7) is 6.40. The van der Waals surface area contributed by atoms with Crippen LogP contribution in [0.25, 0.3) is 0 Å². The summed E-state index contributed by atoms with van der Waals surface area (Å²) in [5, 5.41) is 21.5. The van der Waals surface area contributed by atoms with E-state index >= 15 is 0 Å². The third kappa shape index (κ3) is 6.30. The van der Waals surface area contributed by atoms with Crippen LogP contribution in [0.5, 0.6) is 11.5 Å². The SMILES string of the molecule is CCSCCCC(c1cc(SCC)ccc1O)c1cccc(SCC)c1O. The van der Waals surface area contributed by atoms with Crippen molar-refractivity contribution in [3.8, 4) is 11.5 Å². The van der Waals surface area contributed by atoms with E-state index < -0.39 is 0 Å². The van der Waals surface area contributed by atoms with Crippen LogP contribution >= 0.6 is 35.3 Å². The molecule has 2 N–H and O–H groups in total. The molecule has 0 aliphatic heterocycles. The summed E-state index contributed by atoms with van der Waals surface area (Å²) in [7, 11) is 0. The van der Waals surface area contributed by atoms with E-state index in [4.69, 9.17) is 0 Å². The van der Waals surface area contributed by atoms with Crippen molar-refractivity contribution >= 4 is 35.3 Å². The molecule has 0 amide bonds. The quantitative estimate of drug-likeness (QED) is 0.302. The third-order valence-electron chi connectivity index (χ3n) is 4.38. The number of rotatable bonds is 11. The lowest BCUT2D eigenvalue weighted by atomic mass is 9.86. The van der Waals surface area contributed by atoms with Gasteiger partial charge in [0.05, 0.1) is 0 Å². The van der Waals surface area contributed by atoms with Crippen LogP contribution in [0.1, 0.15) is 50.7 Å². The molecule has 0 aromatic heterocycles. The first kappa shape index (κ1) is 22.4. The number of phenolic OH excluding ortho intramolecular Hbond substituents is 2. The fraction of sp³-hybridized carbons (Fsp3) is 0.455. The Bertz CT molecular complexity index is 717. The smallest absolute Gasteiger partial charge is 0.132 e. The van der Waals surface area contributed by atoms with E-state index in [0.717, 1.165) is 56.8 Å². The van der Waals surface area contributed by atoms with Gasteiger partial charge in [-0.25, -0.2) is 0 Å². The Morgan fingerprint density at radius 1 is 0.889 bits per heavy atom. The number of aromatic hydroxyl groups is 2. The van der Waals surface area contributed by atoms with Crippen LogP contribution in [0.2, 0.25) is 0 Å². The van der Waals surface area contributed by atoms with Crippen LogP contribution in [0.15, 0.2) is 46.2 Å². The maximum atomic E-state index is 10.9. The van der Waals surface area contributed by atoms with Crippen molar-refractivity contribution in [2.75, 3.05) is 23.0 Å². The standard InChI is InChI=1S/C22H30O2S3/c1-4-25-14-8-10-17(18-9-7-11-21(22(18)24)27-6-3)19-15-16(26-5-2)12-13-20(19)23/h7,9,11-13,15,17,23-24H,4-6,8,10,14H2,1-3H3. The molecule has 0 heterocycles. The Balaban J connectivity index is 2.43. The van der Waals surface area contributed by atoms with E-state index in [-0.39, 0.29) is 5.92 Å². The Morgan fingerprint density at radius 2 is 1.67 bits per heavy atom. The van der Waals surface area contributed by atoms with Gasteiger partial charge in [0.15, 0.2) is 0 Å². The highest BCUT2D eigenvalue weighted by Gasteiger charge is 2.22. The van der Waals surface area contributed by atoms with Crippen LogP contribution in [0.3, 0.4) is 0 Å². The van der Waals surface area contributed by atoms with Crippen molar-refractivity contribution in [1.29, 1.82) is 0 Å². The van der Waals surface area contributed by atoms with Crippen LogP contribution < -0.4 is 0 Å². The molecule has 2 nitrogen and oxygen atoms in total. The molecule has 0 radical (unpaired) electrons. The van der Waals surface area contributed by atoms with E-state index in [1.54, 1.807) is 29.6 Å². The molecule has 148 valence electrons. The molecule has 1 unspecified atom stereocenters. The third-order valence-corrected chi connectivity index (χ3v) is 7.17. The highest BCUT2D eigenvalue weighted by Crippen LogP contribution is 2.43. The first-order chi connectivity index (χ1) is 13.1. The molecule has 2 aromatic carbocycles. The van der Waals surface area contributed by atoms with Crippen molar-refractivity contribution in [2.24, 2.45) is 0 Å². The van der Waals surface area contributed by atoms with Crippen molar-refractivity contribution in [1.82, 2.24) is 0 Å². The van der Waals surface area contributed by atoms with Crippen LogP contribution in [-0.2, 0) is 0 Å². The second-order valence-electron chi connectivity index (χ2n) is 6.17. The summed E-state index contributed by atoms with van der Waals surface area (Å²) in [6.07, 6.45) is 1.97. The van der Waals surface area contributed by atoms with Crippen molar-refractivity contribution in [3.05, 3.63) is 47.5 Å². The number of benzene rings is 2. The molecule has 0 fully saturated rings. The van der Waals surface area contributed by atoms with Crippen molar-refractivity contribution < 1.29 is 10.2 Å². The topological polar surface area (TPSA) is 40.5 Å². The monoisotopic (exact) mass is 422 g/mol. The number of para-hydroxylation sites is 1. The zero-order chi connectivity index (χ0) is 19.6. The first-order valence-corrected chi connectivity index (χ1v) is 12.7. The maximum absolute atomic E-state index is 10.9. The van der Waals surface area contributed by atoms with E-state index in [1.165, 1.54) is 0 Å². The molecule has 2 rings (SSSR count). The summed E-state index contributed by atoms with van der Waals surface area (Å²) in [5.74, 6) is 4.81. The molecule has 0 spiro atoms. The molecular formula is C22H30O2S3. The Hall–Kier alpha value is -0.910. The second kappa shape index (κ2) is 11.8. The predicted molar refractivity (Wildman–Crippen MR) is 123 cm³/mol. The summed E-state index contributed by atoms with van der Waals surface area (Å²) in [6, 6.07) is 11.9. The summed E-state index contributed by atoms with van der Waals surface area (Å²) < 4.78 is 0. The lowest BCUT2D eigenvalue weighted by Crippen LogP contribution is -2.04. The van der Waals surface area contributed by atoms with Crippen LogP contribution in [0, 0.1) is 0 Å². The molecule has 0 saturated carbocycles. The normalized spacial score (nSPS) is 12.3. The molecule has 5 heteroatoms. The summed E-state index contributed by atoms with van der Waals surface area (Å²) >= 11 is 5.37. The second-order valence-corrected chi connectivity index (χ2v) is 10.2. The average molecular weight is 423 g/mol. The molecule has 27 heavy (non-hydrogen) atoms. The van der Waals surface area contributed by atoms with Crippen LogP contribution in [-0.4, -0.2) is 33.2 Å². The lowest BCUT2D eigenvalue weighted by Gasteiger charge is -2.22. The number of phenols is 2. The largest absolute Gasteiger partial charge is 0.508 e. The van der Waals surface area contributed by atoms with Crippen molar-refractivity contribution in [2.45, 2.75) is 49.3 Å². The fourth-order valence-electron chi connectivity index (χ4n) is 3.17. The zero-order valence-corrected chi connectivity index (χ0v) is 18.9. The number of hydrogen-bond donors (Lipinski definition) is 2. The minimum Gasteiger partial charge on any atom is -0.508 e. The van der Waals surface area contributed by atoms with Gasteiger partial charge in [-0.2, -0.15) is 11.8 Å². The lowest BCUT2D eigenvalue weighted by molar-refractivity contribution is 0.442. The van der Waals surface area contributed by atoms with Crippen LogP contribution in [0.4, 0.5) is 0 Å². The highest BCUT2D eigenvalue weighted by atomic mass is 32.2. The van der Waals surface area contributed by atoms with E-state index in [9.17, 15) is 10.2 Å². The van der Waals surface area contributed by atoms with E-state index in [1.807, 2.05) is 36.0 Å². The highest BCUT2D eigenvalue weighted by molar-refractivity contribution is 7.99. The zero-order valence-electron chi connectivity index (χ0n) is 16.4. The van der Waals surface area contributed by atoms with Gasteiger partial charge in [-0.05, 0) is 60.1 Å². The van der Waals surface area contributed by atoms with Gasteiger partial charge >= 0.3 is 0 Å². The maximum Gasteiger partial charge on any atom is 0.132 e. The number of thioether (sulfide) groups is 3. The summed E-state index contributed by atoms with van der Waals surface area (Å²) in [4.78, 5) is 2.08. The number of hydrogen-bond acceptors (Lipinski definition) is 5. The minimum absolute atomic E-state index is 0.00253. The predicted octanol–water partition coefficient (Wildman–Crippen LogP) is 6.99. The van der Waals surface area contributed by atoms with E-state index in [0.29, 0.717) is 11.5 Å². The van der Waals surface area contributed by atoms with Gasteiger partial charge in [0.25, 0.3) is 0 Å². The molecule has 0 aliphatic rings. The molecule has 0 aliphatic carbocycles. The molecule has 2 aromatic rings. The summed E-state index contributed by atoms with van der Waals surface area (Å²) in [5.41, 5.74) is 1.84. The van der Waals surface area contributed by atoms with E-state index in [2.05, 4.69) is 26.8 Å². The first-order valence-electron chi connectivity index (χ1n) is 9.60.